The highest BCUT2D eigenvalue weighted by Crippen LogP contribution is 2.22. The van der Waals surface area contributed by atoms with Crippen molar-refractivity contribution in [1.29, 1.82) is 0 Å². The quantitative estimate of drug-likeness (QED) is 0.670. The van der Waals surface area contributed by atoms with Crippen molar-refractivity contribution in [1.82, 2.24) is 4.98 Å². The van der Waals surface area contributed by atoms with E-state index in [-0.39, 0.29) is 0 Å². The molecule has 0 radical (unpaired) electrons. The number of rotatable bonds is 3. The lowest BCUT2D eigenvalue weighted by Crippen LogP contribution is -1.94. The second-order valence-corrected chi connectivity index (χ2v) is 4.63. The molecule has 0 saturated carbocycles. The topological polar surface area (TPSA) is 37.3 Å². The summed E-state index contributed by atoms with van der Waals surface area (Å²) in [6.45, 7) is 0. The van der Waals surface area contributed by atoms with Crippen molar-refractivity contribution in [3.63, 3.8) is 0 Å². The van der Waals surface area contributed by atoms with Gasteiger partial charge in [-0.05, 0) is 12.1 Å². The van der Waals surface area contributed by atoms with Crippen LogP contribution in [0.15, 0.2) is 41.6 Å². The molecule has 3 nitrogen and oxygen atoms in total. The third-order valence-corrected chi connectivity index (χ3v) is 2.93. The highest BCUT2D eigenvalue weighted by atomic mass is 35.5. The van der Waals surface area contributed by atoms with Crippen LogP contribution in [0, 0.1) is 0 Å². The van der Waals surface area contributed by atoms with Crippen molar-refractivity contribution in [2.24, 2.45) is 5.10 Å². The van der Waals surface area contributed by atoms with Gasteiger partial charge in [0.05, 0.1) is 16.3 Å². The first-order valence-electron chi connectivity index (χ1n) is 5.01. The number of hydrogen-bond acceptors (Lipinski definition) is 3. The minimum atomic E-state index is 0.402. The van der Waals surface area contributed by atoms with E-state index in [0.29, 0.717) is 20.9 Å². The van der Waals surface area contributed by atoms with Crippen molar-refractivity contribution < 1.29 is 0 Å². The van der Waals surface area contributed by atoms with Crippen LogP contribution in [-0.4, -0.2) is 11.2 Å². The summed E-state index contributed by atoms with van der Waals surface area (Å²) in [5.41, 5.74) is 3.53. The minimum Gasteiger partial charge on any atom is -0.260 e. The maximum Gasteiger partial charge on any atom is 0.165 e. The zero-order valence-electron chi connectivity index (χ0n) is 9.07. The van der Waals surface area contributed by atoms with Gasteiger partial charge >= 0.3 is 0 Å². The molecule has 0 fully saturated rings. The van der Waals surface area contributed by atoms with E-state index < -0.39 is 0 Å². The molecule has 0 spiro atoms. The molecule has 0 unspecified atom stereocenters. The number of halogens is 3. The lowest BCUT2D eigenvalue weighted by Gasteiger charge is -2.02. The normalized spacial score (nSPS) is 10.8. The van der Waals surface area contributed by atoms with Gasteiger partial charge < -0.3 is 0 Å². The van der Waals surface area contributed by atoms with Crippen LogP contribution >= 0.6 is 34.8 Å². The highest BCUT2D eigenvalue weighted by Gasteiger charge is 2.01. The molecule has 0 aliphatic rings. The smallest absolute Gasteiger partial charge is 0.165 e. The van der Waals surface area contributed by atoms with Gasteiger partial charge in [0.1, 0.15) is 0 Å². The highest BCUT2D eigenvalue weighted by molar-refractivity contribution is 6.36. The molecule has 18 heavy (non-hydrogen) atoms. The van der Waals surface area contributed by atoms with Crippen LogP contribution in [0.3, 0.4) is 0 Å². The second kappa shape index (κ2) is 6.05. The summed E-state index contributed by atoms with van der Waals surface area (Å²) in [7, 11) is 0. The zero-order chi connectivity index (χ0) is 13.0. The Balaban J connectivity index is 2.10. The first-order valence-corrected chi connectivity index (χ1v) is 6.15. The molecule has 2 aromatic rings. The van der Waals surface area contributed by atoms with E-state index in [2.05, 4.69) is 15.5 Å². The molecular weight excluding hydrogens is 293 g/mol. The van der Waals surface area contributed by atoms with Gasteiger partial charge in [0.2, 0.25) is 0 Å². The molecule has 1 N–H and O–H groups in total. The summed E-state index contributed by atoms with van der Waals surface area (Å²) in [6.07, 6.45) is 3.08. The summed E-state index contributed by atoms with van der Waals surface area (Å²) < 4.78 is 0. The first kappa shape index (κ1) is 13.1. The predicted octanol–water partition coefficient (Wildman–Crippen LogP) is 4.49. The Morgan fingerprint density at radius 1 is 1.11 bits per heavy atom. The molecule has 0 aliphatic heterocycles. The van der Waals surface area contributed by atoms with Crippen LogP contribution in [0.25, 0.3) is 0 Å². The zero-order valence-corrected chi connectivity index (χ0v) is 11.3. The van der Waals surface area contributed by atoms with E-state index in [0.717, 1.165) is 5.56 Å². The fourth-order valence-electron chi connectivity index (χ4n) is 1.24. The maximum atomic E-state index is 5.98. The first-order chi connectivity index (χ1) is 8.66. The predicted molar refractivity (Wildman–Crippen MR) is 76.9 cm³/mol. The molecule has 92 valence electrons. The number of pyridine rings is 1. The molecular formula is C12H8Cl3N3. The average Bonchev–Trinajstić information content (AvgIpc) is 2.34. The van der Waals surface area contributed by atoms with E-state index in [1.807, 2.05) is 18.2 Å². The van der Waals surface area contributed by atoms with Gasteiger partial charge in [-0.1, -0.05) is 53.0 Å². The Kier molecular flexibility index (Phi) is 4.42. The Bertz CT molecular complexity index is 585. The van der Waals surface area contributed by atoms with Crippen molar-refractivity contribution in [3.05, 3.63) is 57.2 Å². The molecule has 0 saturated heterocycles. The van der Waals surface area contributed by atoms with E-state index in [9.17, 15) is 0 Å². The van der Waals surface area contributed by atoms with E-state index >= 15 is 0 Å². The number of aromatic nitrogens is 1. The van der Waals surface area contributed by atoms with E-state index in [1.54, 1.807) is 18.3 Å². The number of nitrogens with one attached hydrogen (secondary N) is 1. The van der Waals surface area contributed by atoms with Gasteiger partial charge in [-0.3, -0.25) is 5.43 Å². The molecule has 0 atom stereocenters. The fourth-order valence-corrected chi connectivity index (χ4v) is 1.85. The number of nitrogens with zero attached hydrogens (tertiary/aromatic N) is 2. The van der Waals surface area contributed by atoms with Crippen molar-refractivity contribution in [2.75, 3.05) is 5.43 Å². The second-order valence-electron chi connectivity index (χ2n) is 3.38. The molecule has 0 amide bonds. The molecule has 0 bridgehead atoms. The van der Waals surface area contributed by atoms with Crippen LogP contribution in [0.1, 0.15) is 5.56 Å². The number of anilines is 1. The van der Waals surface area contributed by atoms with E-state index in [1.165, 1.54) is 6.20 Å². The summed E-state index contributed by atoms with van der Waals surface area (Å²) >= 11 is 17.7. The Labute approximate surface area is 119 Å². The third-order valence-electron chi connectivity index (χ3n) is 2.09. The van der Waals surface area contributed by atoms with Gasteiger partial charge in [0.15, 0.2) is 5.82 Å². The molecule has 1 aromatic heterocycles. The van der Waals surface area contributed by atoms with Crippen LogP contribution in [0.2, 0.25) is 15.1 Å². The van der Waals surface area contributed by atoms with Crippen molar-refractivity contribution in [2.45, 2.75) is 0 Å². The minimum absolute atomic E-state index is 0.402. The van der Waals surface area contributed by atoms with Gasteiger partial charge in [-0.2, -0.15) is 5.10 Å². The SMILES string of the molecule is Clc1cnc(N/N=C/c2ccccc2Cl)c(Cl)c1. The van der Waals surface area contributed by atoms with Crippen molar-refractivity contribution >= 4 is 46.8 Å². The fraction of sp³-hybridized carbons (Fsp3) is 0. The number of benzene rings is 1. The molecule has 2 rings (SSSR count). The average molecular weight is 301 g/mol. The Morgan fingerprint density at radius 2 is 1.89 bits per heavy atom. The van der Waals surface area contributed by atoms with Crippen molar-refractivity contribution in [3.8, 4) is 0 Å². The van der Waals surface area contributed by atoms with Crippen LogP contribution in [0.5, 0.6) is 0 Å². The maximum absolute atomic E-state index is 5.98. The number of hydrogen-bond donors (Lipinski definition) is 1. The lowest BCUT2D eigenvalue weighted by molar-refractivity contribution is 1.23. The summed E-state index contributed by atoms with van der Waals surface area (Å²) in [5, 5.41) is 5.51. The summed E-state index contributed by atoms with van der Waals surface area (Å²) in [4.78, 5) is 4.01. The third kappa shape index (κ3) is 3.35. The molecule has 1 aromatic carbocycles. The molecule has 0 aliphatic carbocycles. The van der Waals surface area contributed by atoms with E-state index in [4.69, 9.17) is 34.8 Å². The molecule has 1 heterocycles. The summed E-state index contributed by atoms with van der Waals surface area (Å²) in [6, 6.07) is 8.95. The number of hydrazone groups is 1. The van der Waals surface area contributed by atoms with Gasteiger partial charge in [-0.25, -0.2) is 4.98 Å². The Morgan fingerprint density at radius 3 is 2.61 bits per heavy atom. The molecule has 6 heteroatoms. The van der Waals surface area contributed by atoms with Crippen LogP contribution in [-0.2, 0) is 0 Å². The van der Waals surface area contributed by atoms with Gasteiger partial charge in [0.25, 0.3) is 0 Å². The van der Waals surface area contributed by atoms with Gasteiger partial charge in [-0.15, -0.1) is 0 Å². The van der Waals surface area contributed by atoms with Crippen LogP contribution < -0.4 is 5.43 Å². The van der Waals surface area contributed by atoms with Gasteiger partial charge in [0, 0.05) is 16.8 Å². The monoisotopic (exact) mass is 299 g/mol. The lowest BCUT2D eigenvalue weighted by atomic mass is 10.2. The largest absolute Gasteiger partial charge is 0.260 e. The van der Waals surface area contributed by atoms with Crippen LogP contribution in [0.4, 0.5) is 5.82 Å². The standard InChI is InChI=1S/C12H8Cl3N3/c13-9-5-11(15)12(16-7-9)18-17-6-8-3-1-2-4-10(8)14/h1-7H,(H,16,18)/b17-6+. The summed E-state index contributed by atoms with van der Waals surface area (Å²) in [5.74, 6) is 0.435. The Hall–Kier alpha value is -1.29.